The molecular formula is C19H20F2N2O. The maximum atomic E-state index is 14.0. The minimum Gasteiger partial charge on any atom is -0.316 e. The summed E-state index contributed by atoms with van der Waals surface area (Å²) in [6, 6.07) is 12.0. The summed E-state index contributed by atoms with van der Waals surface area (Å²) in [5.74, 6) is -0.642. The summed E-state index contributed by atoms with van der Waals surface area (Å²) in [4.78, 5) is 16.0. The molecule has 0 unspecified atom stereocenters. The molecule has 0 aromatic heterocycles. The van der Waals surface area contributed by atoms with Crippen molar-refractivity contribution in [2.24, 2.45) is 0 Å². The molecule has 0 N–H and O–H groups in total. The van der Waals surface area contributed by atoms with E-state index < -0.39 is 0 Å². The molecule has 1 fully saturated rings. The highest BCUT2D eigenvalue weighted by atomic mass is 19.1. The number of hydrogen-bond acceptors (Lipinski definition) is 1. The van der Waals surface area contributed by atoms with Crippen LogP contribution in [0.3, 0.4) is 0 Å². The smallest absolute Gasteiger partial charge is 0.316 e. The van der Waals surface area contributed by atoms with Crippen molar-refractivity contribution in [1.29, 1.82) is 0 Å². The second kappa shape index (κ2) is 6.59. The maximum Gasteiger partial charge on any atom is 0.321 e. The quantitative estimate of drug-likeness (QED) is 0.808. The van der Waals surface area contributed by atoms with Gasteiger partial charge in [-0.25, -0.2) is 13.6 Å². The van der Waals surface area contributed by atoms with Gasteiger partial charge in [0.2, 0.25) is 0 Å². The molecule has 5 heteroatoms. The molecule has 0 radical (unpaired) electrons. The molecule has 3 rings (SSSR count). The minimum absolute atomic E-state index is 0.193. The van der Waals surface area contributed by atoms with Gasteiger partial charge >= 0.3 is 6.03 Å². The zero-order valence-corrected chi connectivity index (χ0v) is 13.7. The Morgan fingerprint density at radius 1 is 0.792 bits per heavy atom. The maximum absolute atomic E-state index is 14.0. The predicted octanol–water partition coefficient (Wildman–Crippen LogP) is 4.52. The SMILES string of the molecule is C[C@@H](c1ccccc1F)N1CCN([C@@H](C)c2ccccc2F)C1=O. The number of amides is 2. The zero-order chi connectivity index (χ0) is 17.3. The lowest BCUT2D eigenvalue weighted by atomic mass is 10.1. The average Bonchev–Trinajstić information content (AvgIpc) is 2.96. The summed E-state index contributed by atoms with van der Waals surface area (Å²) < 4.78 is 28.0. The topological polar surface area (TPSA) is 23.6 Å². The molecule has 126 valence electrons. The van der Waals surface area contributed by atoms with Gasteiger partial charge in [-0.15, -0.1) is 0 Å². The van der Waals surface area contributed by atoms with E-state index >= 15 is 0 Å². The lowest BCUT2D eigenvalue weighted by molar-refractivity contribution is 0.169. The van der Waals surface area contributed by atoms with E-state index in [1.54, 1.807) is 46.2 Å². The number of benzene rings is 2. The third kappa shape index (κ3) is 2.86. The molecule has 3 nitrogen and oxygen atoms in total. The molecular weight excluding hydrogens is 310 g/mol. The van der Waals surface area contributed by atoms with E-state index in [9.17, 15) is 13.6 Å². The standard InChI is InChI=1S/C19H20F2N2O/c1-13(15-7-3-5-9-17(15)20)22-11-12-23(19(22)24)14(2)16-8-4-6-10-18(16)21/h3-10,13-14H,11-12H2,1-2H3/t13-,14-/m0/s1. The van der Waals surface area contributed by atoms with Crippen LogP contribution < -0.4 is 0 Å². The van der Waals surface area contributed by atoms with Crippen LogP contribution in [-0.2, 0) is 0 Å². The number of nitrogens with zero attached hydrogens (tertiary/aromatic N) is 2. The Kier molecular flexibility index (Phi) is 4.51. The first kappa shape index (κ1) is 16.4. The average molecular weight is 330 g/mol. The summed E-state index contributed by atoms with van der Waals surface area (Å²) in [5.41, 5.74) is 0.984. The van der Waals surface area contributed by atoms with Gasteiger partial charge in [-0.05, 0) is 26.0 Å². The summed E-state index contributed by atoms with van der Waals surface area (Å²) in [7, 11) is 0. The fourth-order valence-corrected chi connectivity index (χ4v) is 3.25. The molecule has 0 bridgehead atoms. The highest BCUT2D eigenvalue weighted by Crippen LogP contribution is 2.31. The van der Waals surface area contributed by atoms with Crippen molar-refractivity contribution in [2.75, 3.05) is 13.1 Å². The van der Waals surface area contributed by atoms with Crippen molar-refractivity contribution in [3.8, 4) is 0 Å². The van der Waals surface area contributed by atoms with E-state index in [4.69, 9.17) is 0 Å². The van der Waals surface area contributed by atoms with Gasteiger partial charge in [0.1, 0.15) is 11.6 Å². The molecule has 0 aliphatic carbocycles. The zero-order valence-electron chi connectivity index (χ0n) is 13.7. The normalized spacial score (nSPS) is 17.2. The largest absolute Gasteiger partial charge is 0.321 e. The van der Waals surface area contributed by atoms with Crippen LogP contribution in [0.4, 0.5) is 13.6 Å². The molecule has 1 aliphatic rings. The first-order chi connectivity index (χ1) is 11.5. The van der Waals surface area contributed by atoms with E-state index in [-0.39, 0.29) is 29.7 Å². The van der Waals surface area contributed by atoms with Gasteiger partial charge in [-0.3, -0.25) is 0 Å². The number of carbonyl (C=O) groups excluding carboxylic acids is 1. The molecule has 2 atom stereocenters. The number of carbonyl (C=O) groups is 1. The Hall–Kier alpha value is -2.43. The molecule has 2 aromatic rings. The van der Waals surface area contributed by atoms with Crippen molar-refractivity contribution in [3.05, 3.63) is 71.3 Å². The van der Waals surface area contributed by atoms with Crippen LogP contribution >= 0.6 is 0 Å². The van der Waals surface area contributed by atoms with E-state index in [1.165, 1.54) is 12.1 Å². The Morgan fingerprint density at radius 2 is 1.17 bits per heavy atom. The lowest BCUT2D eigenvalue weighted by Crippen LogP contribution is -2.35. The molecule has 1 heterocycles. The molecule has 24 heavy (non-hydrogen) atoms. The monoisotopic (exact) mass is 330 g/mol. The van der Waals surface area contributed by atoms with Crippen LogP contribution in [0.2, 0.25) is 0 Å². The first-order valence-corrected chi connectivity index (χ1v) is 8.06. The van der Waals surface area contributed by atoms with Crippen molar-refractivity contribution in [3.63, 3.8) is 0 Å². The fraction of sp³-hybridized carbons (Fsp3) is 0.316. The van der Waals surface area contributed by atoms with Crippen LogP contribution in [0.5, 0.6) is 0 Å². The third-order valence-corrected chi connectivity index (χ3v) is 4.72. The lowest BCUT2D eigenvalue weighted by Gasteiger charge is -2.28. The summed E-state index contributed by atoms with van der Waals surface area (Å²) in [5, 5.41) is 0. The Bertz CT molecular complexity index is 688. The van der Waals surface area contributed by atoms with Gasteiger partial charge in [-0.1, -0.05) is 36.4 Å². The van der Waals surface area contributed by atoms with Crippen LogP contribution in [0.25, 0.3) is 0 Å². The molecule has 2 amide bonds. The van der Waals surface area contributed by atoms with Gasteiger partial charge in [0.25, 0.3) is 0 Å². The van der Waals surface area contributed by atoms with Crippen LogP contribution in [0.1, 0.15) is 37.1 Å². The van der Waals surface area contributed by atoms with Gasteiger partial charge in [0.15, 0.2) is 0 Å². The van der Waals surface area contributed by atoms with E-state index in [0.717, 1.165) is 0 Å². The number of hydrogen-bond donors (Lipinski definition) is 0. The summed E-state index contributed by atoms with van der Waals surface area (Å²) in [6.45, 7) is 4.61. The van der Waals surface area contributed by atoms with Gasteiger partial charge in [0.05, 0.1) is 12.1 Å². The highest BCUT2D eigenvalue weighted by molar-refractivity contribution is 5.77. The number of urea groups is 1. The van der Waals surface area contributed by atoms with E-state index in [1.807, 2.05) is 13.8 Å². The molecule has 0 saturated carbocycles. The Labute approximate surface area is 140 Å². The second-order valence-electron chi connectivity index (χ2n) is 6.06. The van der Waals surface area contributed by atoms with E-state index in [0.29, 0.717) is 24.2 Å². The number of rotatable bonds is 4. The van der Waals surface area contributed by atoms with Gasteiger partial charge in [0, 0.05) is 24.2 Å². The Balaban J connectivity index is 1.80. The third-order valence-electron chi connectivity index (χ3n) is 4.72. The van der Waals surface area contributed by atoms with Gasteiger partial charge < -0.3 is 9.80 Å². The van der Waals surface area contributed by atoms with Crippen LogP contribution in [0.15, 0.2) is 48.5 Å². The number of halogens is 2. The summed E-state index contributed by atoms with van der Waals surface area (Å²) in [6.07, 6.45) is 0. The predicted molar refractivity (Wildman–Crippen MR) is 88.4 cm³/mol. The second-order valence-corrected chi connectivity index (χ2v) is 6.06. The Morgan fingerprint density at radius 3 is 1.54 bits per heavy atom. The molecule has 1 aliphatic heterocycles. The van der Waals surface area contributed by atoms with Crippen molar-refractivity contribution in [2.45, 2.75) is 25.9 Å². The summed E-state index contributed by atoms with van der Waals surface area (Å²) >= 11 is 0. The van der Waals surface area contributed by atoms with Crippen LogP contribution in [0, 0.1) is 11.6 Å². The molecule has 0 spiro atoms. The van der Waals surface area contributed by atoms with Crippen LogP contribution in [-0.4, -0.2) is 28.9 Å². The van der Waals surface area contributed by atoms with Crippen molar-refractivity contribution in [1.82, 2.24) is 9.80 Å². The first-order valence-electron chi connectivity index (χ1n) is 8.06. The molecule has 1 saturated heterocycles. The van der Waals surface area contributed by atoms with Gasteiger partial charge in [-0.2, -0.15) is 0 Å². The minimum atomic E-state index is -0.364. The van der Waals surface area contributed by atoms with Crippen molar-refractivity contribution >= 4 is 6.03 Å². The van der Waals surface area contributed by atoms with Crippen molar-refractivity contribution < 1.29 is 13.6 Å². The van der Waals surface area contributed by atoms with E-state index in [2.05, 4.69) is 0 Å². The molecule has 2 aromatic carbocycles. The highest BCUT2D eigenvalue weighted by Gasteiger charge is 2.36. The fourth-order valence-electron chi connectivity index (χ4n) is 3.25.